The van der Waals surface area contributed by atoms with E-state index in [1.165, 1.54) is 5.56 Å². The van der Waals surface area contributed by atoms with Crippen LogP contribution in [0.1, 0.15) is 17.5 Å². The molecule has 2 rings (SSSR count). The summed E-state index contributed by atoms with van der Waals surface area (Å²) in [6.45, 7) is 6.28. The van der Waals surface area contributed by atoms with Gasteiger partial charge in [-0.3, -0.25) is 4.79 Å². The third-order valence-corrected chi connectivity index (χ3v) is 3.47. The second-order valence-corrected chi connectivity index (χ2v) is 4.93. The van der Waals surface area contributed by atoms with Gasteiger partial charge < -0.3 is 15.5 Å². The Balaban J connectivity index is 2.57. The Kier molecular flexibility index (Phi) is 3.57. The number of aryl methyl sites for hydroxylation is 2. The molecule has 2 N–H and O–H groups in total. The quantitative estimate of drug-likeness (QED) is 0.860. The second-order valence-electron chi connectivity index (χ2n) is 4.93. The second kappa shape index (κ2) is 4.98. The number of hydrogen-bond acceptors (Lipinski definition) is 3. The molecule has 18 heavy (non-hydrogen) atoms. The van der Waals surface area contributed by atoms with Gasteiger partial charge in [-0.15, -0.1) is 0 Å². The average Bonchev–Trinajstić information content (AvgIpc) is 2.42. The Morgan fingerprint density at radius 3 is 2.72 bits per heavy atom. The fourth-order valence-electron chi connectivity index (χ4n) is 2.65. The van der Waals surface area contributed by atoms with E-state index >= 15 is 0 Å². The van der Waals surface area contributed by atoms with Gasteiger partial charge >= 0.3 is 0 Å². The monoisotopic (exact) mass is 247 g/mol. The summed E-state index contributed by atoms with van der Waals surface area (Å²) in [4.78, 5) is 16.0. The number of benzene rings is 1. The minimum absolute atomic E-state index is 0.169. The van der Waals surface area contributed by atoms with E-state index in [4.69, 9.17) is 5.73 Å². The van der Waals surface area contributed by atoms with Gasteiger partial charge in [-0.2, -0.15) is 0 Å². The average molecular weight is 247 g/mol. The Morgan fingerprint density at radius 2 is 2.06 bits per heavy atom. The van der Waals surface area contributed by atoms with Gasteiger partial charge in [0, 0.05) is 33.1 Å². The van der Waals surface area contributed by atoms with Crippen molar-refractivity contribution in [3.8, 4) is 0 Å². The Bertz CT molecular complexity index is 470. The first-order chi connectivity index (χ1) is 8.54. The molecule has 0 bridgehead atoms. The van der Waals surface area contributed by atoms with Crippen LogP contribution in [0.5, 0.6) is 0 Å². The highest BCUT2D eigenvalue weighted by Gasteiger charge is 2.24. The van der Waals surface area contributed by atoms with Crippen LogP contribution in [0.2, 0.25) is 0 Å². The first-order valence-corrected chi connectivity index (χ1v) is 6.37. The van der Waals surface area contributed by atoms with Crippen LogP contribution in [-0.2, 0) is 4.79 Å². The lowest BCUT2D eigenvalue weighted by atomic mass is 10.1. The van der Waals surface area contributed by atoms with Gasteiger partial charge in [-0.05, 0) is 31.0 Å². The van der Waals surface area contributed by atoms with Crippen LogP contribution in [0.4, 0.5) is 11.4 Å². The molecule has 0 radical (unpaired) electrons. The number of hydrogen-bond donors (Lipinski definition) is 1. The minimum Gasteiger partial charge on any atom is -0.368 e. The molecule has 0 saturated heterocycles. The number of rotatable bonds is 2. The summed E-state index contributed by atoms with van der Waals surface area (Å²) in [5.74, 6) is 0.169. The molecule has 0 spiro atoms. The largest absolute Gasteiger partial charge is 0.368 e. The van der Waals surface area contributed by atoms with E-state index in [0.717, 1.165) is 30.0 Å². The lowest BCUT2D eigenvalue weighted by molar-refractivity contribution is -0.118. The maximum absolute atomic E-state index is 12.0. The summed E-state index contributed by atoms with van der Waals surface area (Å²) in [7, 11) is 1.86. The molecule has 0 atom stereocenters. The van der Waals surface area contributed by atoms with Crippen LogP contribution in [-0.4, -0.2) is 32.6 Å². The van der Waals surface area contributed by atoms with E-state index in [0.29, 0.717) is 13.0 Å². The van der Waals surface area contributed by atoms with Crippen LogP contribution >= 0.6 is 0 Å². The van der Waals surface area contributed by atoms with Crippen molar-refractivity contribution >= 4 is 17.3 Å². The number of nitrogens with zero attached hydrogens (tertiary/aromatic N) is 2. The van der Waals surface area contributed by atoms with Gasteiger partial charge in [-0.1, -0.05) is 6.07 Å². The predicted molar refractivity (Wildman–Crippen MR) is 75.2 cm³/mol. The van der Waals surface area contributed by atoms with Crippen molar-refractivity contribution in [1.29, 1.82) is 0 Å². The topological polar surface area (TPSA) is 49.6 Å². The molecule has 0 unspecified atom stereocenters. The highest BCUT2D eigenvalue weighted by Crippen LogP contribution is 2.35. The zero-order valence-electron chi connectivity index (χ0n) is 11.4. The summed E-state index contributed by atoms with van der Waals surface area (Å²) in [5, 5.41) is 0. The van der Waals surface area contributed by atoms with Gasteiger partial charge in [0.15, 0.2) is 0 Å². The molecule has 1 aromatic carbocycles. The van der Waals surface area contributed by atoms with Gasteiger partial charge in [0.25, 0.3) is 0 Å². The van der Waals surface area contributed by atoms with Crippen molar-refractivity contribution in [3.05, 3.63) is 23.3 Å². The zero-order valence-corrected chi connectivity index (χ0v) is 11.4. The molecule has 1 amide bonds. The van der Waals surface area contributed by atoms with E-state index in [1.807, 2.05) is 7.05 Å². The first-order valence-electron chi connectivity index (χ1n) is 6.37. The highest BCUT2D eigenvalue weighted by atomic mass is 16.2. The number of anilines is 2. The van der Waals surface area contributed by atoms with Gasteiger partial charge in [0.1, 0.15) is 0 Å². The van der Waals surface area contributed by atoms with Crippen LogP contribution in [0.15, 0.2) is 12.1 Å². The lowest BCUT2D eigenvalue weighted by Crippen LogP contribution is -2.30. The van der Waals surface area contributed by atoms with E-state index in [9.17, 15) is 4.79 Å². The molecule has 4 heteroatoms. The van der Waals surface area contributed by atoms with E-state index in [-0.39, 0.29) is 5.91 Å². The molecule has 0 aromatic heterocycles. The van der Waals surface area contributed by atoms with Crippen LogP contribution in [0.25, 0.3) is 0 Å². The van der Waals surface area contributed by atoms with Gasteiger partial charge in [0.05, 0.1) is 11.4 Å². The molecule has 1 aliphatic heterocycles. The number of carbonyl (C=O) groups excluding carboxylic acids is 1. The number of carbonyl (C=O) groups is 1. The van der Waals surface area contributed by atoms with Crippen molar-refractivity contribution < 1.29 is 4.79 Å². The lowest BCUT2D eigenvalue weighted by Gasteiger charge is -2.26. The maximum Gasteiger partial charge on any atom is 0.228 e. The van der Waals surface area contributed by atoms with Crippen LogP contribution in [0, 0.1) is 13.8 Å². The molecule has 4 nitrogen and oxygen atoms in total. The summed E-state index contributed by atoms with van der Waals surface area (Å²) < 4.78 is 0. The Labute approximate surface area is 108 Å². The summed E-state index contributed by atoms with van der Waals surface area (Å²) in [6, 6.07) is 4.27. The Hall–Kier alpha value is -1.55. The van der Waals surface area contributed by atoms with Crippen molar-refractivity contribution in [2.45, 2.75) is 20.3 Å². The minimum atomic E-state index is 0.169. The molecular weight excluding hydrogens is 226 g/mol. The number of nitrogens with two attached hydrogens (primary N) is 1. The molecule has 1 aromatic rings. The van der Waals surface area contributed by atoms with Crippen LogP contribution < -0.4 is 15.5 Å². The van der Waals surface area contributed by atoms with Crippen molar-refractivity contribution in [3.63, 3.8) is 0 Å². The van der Waals surface area contributed by atoms with Crippen LogP contribution in [0.3, 0.4) is 0 Å². The number of fused-ring (bicyclic) bond motifs is 1. The maximum atomic E-state index is 12.0. The Morgan fingerprint density at radius 1 is 1.33 bits per heavy atom. The normalized spacial score (nSPS) is 15.7. The van der Waals surface area contributed by atoms with Gasteiger partial charge in [-0.25, -0.2) is 0 Å². The first kappa shape index (κ1) is 12.9. The standard InChI is InChI=1S/C14H21N3O/c1-10-8-11(2)14-12(9-10)17(7-5-15)6-4-13(18)16(14)3/h8-9H,4-7,15H2,1-3H3. The number of amides is 1. The summed E-state index contributed by atoms with van der Waals surface area (Å²) in [6.07, 6.45) is 0.545. The molecule has 1 aliphatic rings. The van der Waals surface area contributed by atoms with Gasteiger partial charge in [0.2, 0.25) is 5.91 Å². The zero-order chi connectivity index (χ0) is 13.3. The third kappa shape index (κ3) is 2.20. The summed E-state index contributed by atoms with van der Waals surface area (Å²) >= 11 is 0. The molecule has 0 saturated carbocycles. The smallest absolute Gasteiger partial charge is 0.228 e. The van der Waals surface area contributed by atoms with Crippen molar-refractivity contribution in [2.24, 2.45) is 5.73 Å². The van der Waals surface area contributed by atoms with E-state index in [1.54, 1.807) is 4.90 Å². The van der Waals surface area contributed by atoms with Crippen molar-refractivity contribution in [1.82, 2.24) is 0 Å². The third-order valence-electron chi connectivity index (χ3n) is 3.47. The van der Waals surface area contributed by atoms with Crippen molar-refractivity contribution in [2.75, 3.05) is 36.5 Å². The molecule has 98 valence electrons. The fraction of sp³-hybridized carbons (Fsp3) is 0.500. The SMILES string of the molecule is Cc1cc(C)c2c(c1)N(CCN)CCC(=O)N2C. The highest BCUT2D eigenvalue weighted by molar-refractivity contribution is 5.99. The molecule has 0 aliphatic carbocycles. The molecular formula is C14H21N3O. The fourth-order valence-corrected chi connectivity index (χ4v) is 2.65. The van der Waals surface area contributed by atoms with E-state index in [2.05, 4.69) is 30.9 Å². The summed E-state index contributed by atoms with van der Waals surface area (Å²) in [5.41, 5.74) is 10.2. The molecule has 0 fully saturated rings. The molecule has 1 heterocycles. The van der Waals surface area contributed by atoms with E-state index < -0.39 is 0 Å². The predicted octanol–water partition coefficient (Wildman–Crippen LogP) is 1.44.